The second-order valence-corrected chi connectivity index (χ2v) is 5.19. The molecule has 2 rings (SSSR count). The molecule has 0 bridgehead atoms. The quantitative estimate of drug-likeness (QED) is 0.797. The van der Waals surface area contributed by atoms with E-state index in [1.54, 1.807) is 6.20 Å². The topological polar surface area (TPSA) is 56.2 Å². The monoisotopic (exact) mass is 218 g/mol. The minimum atomic E-state index is -0.0738. The summed E-state index contributed by atoms with van der Waals surface area (Å²) in [6.45, 7) is 8.38. The summed E-state index contributed by atoms with van der Waals surface area (Å²) in [6.07, 6.45) is 5.53. The number of aromatic nitrogens is 3. The Morgan fingerprint density at radius 3 is 2.62 bits per heavy atom. The Morgan fingerprint density at radius 2 is 2.06 bits per heavy atom. The SMILES string of the molecule is CC(N)c1nc(C(C)(C)C)n2ccncc12. The van der Waals surface area contributed by atoms with Crippen LogP contribution in [-0.2, 0) is 5.41 Å². The number of nitrogens with two attached hydrogens (primary N) is 1. The first kappa shape index (κ1) is 11.1. The fraction of sp³-hybridized carbons (Fsp3) is 0.500. The maximum Gasteiger partial charge on any atom is 0.119 e. The maximum absolute atomic E-state index is 5.93. The van der Waals surface area contributed by atoms with E-state index in [9.17, 15) is 0 Å². The fourth-order valence-corrected chi connectivity index (χ4v) is 1.82. The predicted molar refractivity (Wildman–Crippen MR) is 64.3 cm³/mol. The van der Waals surface area contributed by atoms with Crippen molar-refractivity contribution in [2.24, 2.45) is 5.73 Å². The Hall–Kier alpha value is -1.42. The molecule has 2 aromatic heterocycles. The van der Waals surface area contributed by atoms with E-state index in [1.165, 1.54) is 0 Å². The molecule has 0 aliphatic rings. The molecule has 16 heavy (non-hydrogen) atoms. The molecule has 86 valence electrons. The van der Waals surface area contributed by atoms with Crippen molar-refractivity contribution in [2.75, 3.05) is 0 Å². The molecule has 2 N–H and O–H groups in total. The molecule has 2 heterocycles. The van der Waals surface area contributed by atoms with Crippen LogP contribution in [0.25, 0.3) is 5.52 Å². The lowest BCUT2D eigenvalue weighted by atomic mass is 9.96. The first-order chi connectivity index (χ1) is 7.41. The molecule has 2 aromatic rings. The standard InChI is InChI=1S/C12H18N4/c1-8(13)10-9-7-14-5-6-16(9)11(15-10)12(2,3)4/h5-8H,13H2,1-4H3. The lowest BCUT2D eigenvalue weighted by molar-refractivity contribution is 0.540. The zero-order valence-electron chi connectivity index (χ0n) is 10.2. The van der Waals surface area contributed by atoms with Gasteiger partial charge in [-0.3, -0.25) is 9.38 Å². The largest absolute Gasteiger partial charge is 0.323 e. The lowest BCUT2D eigenvalue weighted by Crippen LogP contribution is -2.16. The highest BCUT2D eigenvalue weighted by Crippen LogP contribution is 2.26. The van der Waals surface area contributed by atoms with Crippen molar-refractivity contribution in [3.8, 4) is 0 Å². The first-order valence-electron chi connectivity index (χ1n) is 5.49. The van der Waals surface area contributed by atoms with E-state index in [0.29, 0.717) is 0 Å². The maximum atomic E-state index is 5.93. The average Bonchev–Trinajstić information content (AvgIpc) is 2.56. The minimum Gasteiger partial charge on any atom is -0.323 e. The van der Waals surface area contributed by atoms with Gasteiger partial charge in [0, 0.05) is 23.9 Å². The Labute approximate surface area is 95.5 Å². The van der Waals surface area contributed by atoms with E-state index in [-0.39, 0.29) is 11.5 Å². The normalized spacial score (nSPS) is 14.3. The zero-order chi connectivity index (χ0) is 11.9. The number of rotatable bonds is 1. The highest BCUT2D eigenvalue weighted by molar-refractivity contribution is 5.53. The van der Waals surface area contributed by atoms with E-state index in [0.717, 1.165) is 17.0 Å². The Balaban J connectivity index is 2.77. The van der Waals surface area contributed by atoms with Gasteiger partial charge in [-0.1, -0.05) is 20.8 Å². The van der Waals surface area contributed by atoms with Gasteiger partial charge in [0.05, 0.1) is 17.4 Å². The third-order valence-corrected chi connectivity index (χ3v) is 2.58. The number of nitrogens with zero attached hydrogens (tertiary/aromatic N) is 3. The number of imidazole rings is 1. The van der Waals surface area contributed by atoms with Gasteiger partial charge in [0.15, 0.2) is 0 Å². The van der Waals surface area contributed by atoms with E-state index < -0.39 is 0 Å². The second kappa shape index (κ2) is 3.56. The van der Waals surface area contributed by atoms with Crippen LogP contribution in [0.1, 0.15) is 45.3 Å². The molecule has 0 saturated carbocycles. The van der Waals surface area contributed by atoms with Crippen LogP contribution in [0.3, 0.4) is 0 Å². The van der Waals surface area contributed by atoms with Crippen molar-refractivity contribution >= 4 is 5.52 Å². The molecule has 4 nitrogen and oxygen atoms in total. The van der Waals surface area contributed by atoms with Crippen molar-refractivity contribution in [2.45, 2.75) is 39.2 Å². The summed E-state index contributed by atoms with van der Waals surface area (Å²) in [7, 11) is 0. The van der Waals surface area contributed by atoms with Crippen LogP contribution in [0.4, 0.5) is 0 Å². The molecule has 0 fully saturated rings. The Bertz CT molecular complexity index is 505. The van der Waals surface area contributed by atoms with E-state index in [4.69, 9.17) is 5.73 Å². The van der Waals surface area contributed by atoms with Crippen molar-refractivity contribution in [3.63, 3.8) is 0 Å². The summed E-state index contributed by atoms with van der Waals surface area (Å²) in [5.41, 5.74) is 7.85. The molecule has 0 amide bonds. The molecule has 0 saturated heterocycles. The van der Waals surface area contributed by atoms with Gasteiger partial charge in [0.2, 0.25) is 0 Å². The van der Waals surface area contributed by atoms with Gasteiger partial charge in [-0.05, 0) is 6.92 Å². The van der Waals surface area contributed by atoms with Crippen LogP contribution in [0, 0.1) is 0 Å². The summed E-state index contributed by atoms with van der Waals surface area (Å²) >= 11 is 0. The van der Waals surface area contributed by atoms with Gasteiger partial charge in [-0.25, -0.2) is 4.98 Å². The van der Waals surface area contributed by atoms with Crippen molar-refractivity contribution in [3.05, 3.63) is 30.1 Å². The molecule has 0 aliphatic heterocycles. The number of hydrogen-bond acceptors (Lipinski definition) is 3. The van der Waals surface area contributed by atoms with Crippen molar-refractivity contribution < 1.29 is 0 Å². The summed E-state index contributed by atoms with van der Waals surface area (Å²) in [5.74, 6) is 1.03. The van der Waals surface area contributed by atoms with Gasteiger partial charge in [-0.2, -0.15) is 0 Å². The highest BCUT2D eigenvalue weighted by atomic mass is 15.1. The van der Waals surface area contributed by atoms with Gasteiger partial charge < -0.3 is 5.73 Å². The van der Waals surface area contributed by atoms with Crippen LogP contribution in [0.5, 0.6) is 0 Å². The van der Waals surface area contributed by atoms with Crippen LogP contribution in [0.2, 0.25) is 0 Å². The predicted octanol–water partition coefficient (Wildman–Crippen LogP) is 2.05. The molecule has 4 heteroatoms. The van der Waals surface area contributed by atoms with Gasteiger partial charge >= 0.3 is 0 Å². The van der Waals surface area contributed by atoms with Gasteiger partial charge in [0.1, 0.15) is 5.82 Å². The molecule has 0 spiro atoms. The molecule has 1 atom stereocenters. The Kier molecular flexibility index (Phi) is 2.46. The third kappa shape index (κ3) is 1.69. The molecular weight excluding hydrogens is 200 g/mol. The summed E-state index contributed by atoms with van der Waals surface area (Å²) in [6, 6.07) is -0.0738. The van der Waals surface area contributed by atoms with Crippen LogP contribution in [-0.4, -0.2) is 14.4 Å². The highest BCUT2D eigenvalue weighted by Gasteiger charge is 2.23. The van der Waals surface area contributed by atoms with Gasteiger partial charge in [-0.15, -0.1) is 0 Å². The second-order valence-electron chi connectivity index (χ2n) is 5.19. The molecule has 0 aromatic carbocycles. The molecule has 0 radical (unpaired) electrons. The minimum absolute atomic E-state index is 0.00257. The van der Waals surface area contributed by atoms with E-state index >= 15 is 0 Å². The number of hydrogen-bond donors (Lipinski definition) is 1. The van der Waals surface area contributed by atoms with Crippen molar-refractivity contribution in [1.82, 2.24) is 14.4 Å². The molecule has 1 unspecified atom stereocenters. The van der Waals surface area contributed by atoms with E-state index in [1.807, 2.05) is 19.3 Å². The summed E-state index contributed by atoms with van der Waals surface area (Å²) in [5, 5.41) is 0. The zero-order valence-corrected chi connectivity index (χ0v) is 10.2. The van der Waals surface area contributed by atoms with Crippen LogP contribution in [0.15, 0.2) is 18.6 Å². The fourth-order valence-electron chi connectivity index (χ4n) is 1.82. The van der Waals surface area contributed by atoms with E-state index in [2.05, 4.69) is 35.1 Å². The van der Waals surface area contributed by atoms with Crippen LogP contribution >= 0.6 is 0 Å². The van der Waals surface area contributed by atoms with Crippen molar-refractivity contribution in [1.29, 1.82) is 0 Å². The van der Waals surface area contributed by atoms with Gasteiger partial charge in [0.25, 0.3) is 0 Å². The average molecular weight is 218 g/mol. The first-order valence-corrected chi connectivity index (χ1v) is 5.49. The summed E-state index contributed by atoms with van der Waals surface area (Å²) < 4.78 is 2.08. The lowest BCUT2D eigenvalue weighted by Gasteiger charge is -2.16. The Morgan fingerprint density at radius 1 is 1.38 bits per heavy atom. The molecular formula is C12H18N4. The smallest absolute Gasteiger partial charge is 0.119 e. The number of fused-ring (bicyclic) bond motifs is 1. The third-order valence-electron chi connectivity index (χ3n) is 2.58. The summed E-state index contributed by atoms with van der Waals surface area (Å²) in [4.78, 5) is 8.79. The molecule has 0 aliphatic carbocycles. The van der Waals surface area contributed by atoms with Crippen LogP contribution < -0.4 is 5.73 Å².